The molecule has 1 fully saturated rings. The van der Waals surface area contributed by atoms with Crippen LogP contribution < -0.4 is 16.0 Å². The topological polar surface area (TPSA) is 71.7 Å². The van der Waals surface area contributed by atoms with Gasteiger partial charge < -0.3 is 14.2 Å². The first-order valence-corrected chi connectivity index (χ1v) is 10.8. The summed E-state index contributed by atoms with van der Waals surface area (Å²) in [6.07, 6.45) is -1.82. The van der Waals surface area contributed by atoms with E-state index in [0.29, 0.717) is 17.9 Å². The largest absolute Gasteiger partial charge is 0.497 e. The lowest BCUT2D eigenvalue weighted by Gasteiger charge is -2.30. The molecule has 2 heterocycles. The van der Waals surface area contributed by atoms with Gasteiger partial charge in [-0.05, 0) is 31.0 Å². The molecule has 3 rings (SSSR count). The number of hydrogen-bond acceptors (Lipinski definition) is 5. The molecule has 1 aliphatic rings. The van der Waals surface area contributed by atoms with Crippen molar-refractivity contribution in [2.75, 3.05) is 20.3 Å². The number of rotatable bonds is 10. The van der Waals surface area contributed by atoms with Gasteiger partial charge in [-0.15, -0.1) is 0 Å². The third kappa shape index (κ3) is 5.10. The predicted molar refractivity (Wildman–Crippen MR) is 116 cm³/mol. The molecule has 1 unspecified atom stereocenters. The zero-order valence-corrected chi connectivity index (χ0v) is 18.6. The van der Waals surface area contributed by atoms with Gasteiger partial charge in [0.15, 0.2) is 6.23 Å². The van der Waals surface area contributed by atoms with Gasteiger partial charge in [-0.25, -0.2) is 13.6 Å². The first kappa shape index (κ1) is 24.1. The average molecular weight is 452 g/mol. The molecule has 7 nitrogen and oxygen atoms in total. The zero-order valence-electron chi connectivity index (χ0n) is 18.6. The van der Waals surface area contributed by atoms with Crippen molar-refractivity contribution in [2.45, 2.75) is 63.8 Å². The van der Waals surface area contributed by atoms with E-state index in [9.17, 15) is 14.0 Å². The Kier molecular flexibility index (Phi) is 7.84. The lowest BCUT2D eigenvalue weighted by Crippen LogP contribution is -2.45. The van der Waals surface area contributed by atoms with E-state index in [1.807, 2.05) is 6.92 Å². The van der Waals surface area contributed by atoms with Crippen molar-refractivity contribution in [3.63, 3.8) is 0 Å². The zero-order chi connectivity index (χ0) is 23.3. The van der Waals surface area contributed by atoms with Crippen LogP contribution in [0.1, 0.15) is 44.9 Å². The average Bonchev–Trinajstić information content (AvgIpc) is 3.12. The first-order valence-electron chi connectivity index (χ1n) is 10.8. The van der Waals surface area contributed by atoms with E-state index in [1.54, 1.807) is 24.3 Å². The number of hydrogen-bond donors (Lipinski definition) is 0. The molecule has 1 aromatic carbocycles. The highest BCUT2D eigenvalue weighted by molar-refractivity contribution is 5.27. The highest BCUT2D eigenvalue weighted by Crippen LogP contribution is 2.41. The summed E-state index contributed by atoms with van der Waals surface area (Å²) in [5, 5.41) is 0. The van der Waals surface area contributed by atoms with Gasteiger partial charge in [0.2, 0.25) is 0 Å². The molecule has 32 heavy (non-hydrogen) atoms. The van der Waals surface area contributed by atoms with Crippen molar-refractivity contribution in [2.24, 2.45) is 0 Å². The molecule has 9 heteroatoms. The molecular weight excluding hydrogens is 422 g/mol. The number of nitrogens with zero attached hydrogens (tertiary/aromatic N) is 2. The SMILES string of the molecule is CCCCOC[C@]1(C(C)F)C[C@@H](F)[C@H](n2ccc(=O)n(Cc3ccc(OC)cc3)c2=O)O1. The fourth-order valence-electron chi connectivity index (χ4n) is 3.76. The normalized spacial score (nSPS) is 23.9. The van der Waals surface area contributed by atoms with Crippen molar-refractivity contribution in [3.05, 3.63) is 62.9 Å². The third-order valence-electron chi connectivity index (χ3n) is 5.79. The van der Waals surface area contributed by atoms with Crippen molar-refractivity contribution in [3.8, 4) is 5.75 Å². The Bertz CT molecular complexity index is 1000. The molecule has 1 aromatic heterocycles. The van der Waals surface area contributed by atoms with Crippen LogP contribution in [0, 0.1) is 0 Å². The number of methoxy groups -OCH3 is 1. The minimum atomic E-state index is -1.63. The maximum Gasteiger partial charge on any atom is 0.333 e. The monoisotopic (exact) mass is 452 g/mol. The molecule has 4 atom stereocenters. The number of unbranched alkanes of at least 4 members (excludes halogenated alkanes) is 1. The molecule has 2 aromatic rings. The predicted octanol–water partition coefficient (Wildman–Crippen LogP) is 3.24. The molecule has 0 amide bonds. The van der Waals surface area contributed by atoms with Crippen LogP contribution in [-0.2, 0) is 16.0 Å². The van der Waals surface area contributed by atoms with Crippen molar-refractivity contribution < 1.29 is 23.0 Å². The fraction of sp³-hybridized carbons (Fsp3) is 0.565. The van der Waals surface area contributed by atoms with Crippen LogP contribution in [0.25, 0.3) is 0 Å². The third-order valence-corrected chi connectivity index (χ3v) is 5.79. The van der Waals surface area contributed by atoms with Crippen molar-refractivity contribution in [1.82, 2.24) is 9.13 Å². The molecule has 0 aliphatic carbocycles. The summed E-state index contributed by atoms with van der Waals surface area (Å²) in [5.74, 6) is 0.643. The van der Waals surface area contributed by atoms with Crippen LogP contribution in [0.5, 0.6) is 5.75 Å². The van der Waals surface area contributed by atoms with Gasteiger partial charge in [-0.1, -0.05) is 25.5 Å². The number of ether oxygens (including phenoxy) is 3. The minimum absolute atomic E-state index is 0.00302. The van der Waals surface area contributed by atoms with Crippen molar-refractivity contribution >= 4 is 0 Å². The van der Waals surface area contributed by atoms with Crippen molar-refractivity contribution in [1.29, 1.82) is 0 Å². The Balaban J connectivity index is 1.86. The lowest BCUT2D eigenvalue weighted by atomic mass is 9.95. The molecule has 0 saturated carbocycles. The first-order chi connectivity index (χ1) is 15.3. The van der Waals surface area contributed by atoms with Gasteiger partial charge in [-0.2, -0.15) is 0 Å². The molecule has 0 radical (unpaired) electrons. The molecule has 1 saturated heterocycles. The van der Waals surface area contributed by atoms with Crippen LogP contribution >= 0.6 is 0 Å². The van der Waals surface area contributed by atoms with Gasteiger partial charge in [0, 0.05) is 25.3 Å². The quantitative estimate of drug-likeness (QED) is 0.518. The maximum absolute atomic E-state index is 15.0. The smallest absolute Gasteiger partial charge is 0.333 e. The summed E-state index contributed by atoms with van der Waals surface area (Å²) >= 11 is 0. The highest BCUT2D eigenvalue weighted by Gasteiger charge is 2.52. The summed E-state index contributed by atoms with van der Waals surface area (Å²) in [4.78, 5) is 25.4. The summed E-state index contributed by atoms with van der Waals surface area (Å²) < 4.78 is 48.0. The number of halogens is 2. The van der Waals surface area contributed by atoms with E-state index in [4.69, 9.17) is 14.2 Å². The van der Waals surface area contributed by atoms with Gasteiger partial charge in [0.05, 0.1) is 20.3 Å². The molecule has 0 bridgehead atoms. The second-order valence-corrected chi connectivity index (χ2v) is 8.09. The van der Waals surface area contributed by atoms with E-state index in [-0.39, 0.29) is 19.6 Å². The molecule has 0 N–H and O–H groups in total. The summed E-state index contributed by atoms with van der Waals surface area (Å²) in [6.45, 7) is 3.61. The summed E-state index contributed by atoms with van der Waals surface area (Å²) in [6, 6.07) is 8.08. The highest BCUT2D eigenvalue weighted by atomic mass is 19.1. The number of alkyl halides is 2. The number of aromatic nitrogens is 2. The van der Waals surface area contributed by atoms with Crippen LogP contribution in [0.4, 0.5) is 8.78 Å². The van der Waals surface area contributed by atoms with E-state index in [2.05, 4.69) is 0 Å². The van der Waals surface area contributed by atoms with Gasteiger partial charge in [0.25, 0.3) is 5.56 Å². The summed E-state index contributed by atoms with van der Waals surface area (Å²) in [7, 11) is 1.54. The second-order valence-electron chi connectivity index (χ2n) is 8.09. The Labute approximate surface area is 185 Å². The van der Waals surface area contributed by atoms with Crippen LogP contribution in [0.3, 0.4) is 0 Å². The minimum Gasteiger partial charge on any atom is -0.497 e. The van der Waals surface area contributed by atoms with Gasteiger partial charge >= 0.3 is 5.69 Å². The van der Waals surface area contributed by atoms with E-state index in [1.165, 1.54) is 26.3 Å². The second kappa shape index (κ2) is 10.4. The Hall–Kier alpha value is -2.52. The molecular formula is C23H30F2N2O5. The van der Waals surface area contributed by atoms with Gasteiger partial charge in [-0.3, -0.25) is 13.9 Å². The fourth-order valence-corrected chi connectivity index (χ4v) is 3.76. The van der Waals surface area contributed by atoms with E-state index < -0.39 is 35.4 Å². The summed E-state index contributed by atoms with van der Waals surface area (Å²) in [5.41, 5.74) is -2.05. The van der Waals surface area contributed by atoms with Crippen LogP contribution in [0.2, 0.25) is 0 Å². The molecule has 176 valence electrons. The standard InChI is InChI=1S/C23H30F2N2O5/c1-4-5-12-31-15-23(16(2)24)13-19(25)21(32-23)26-11-10-20(28)27(22(26)29)14-17-6-8-18(30-3)9-7-17/h6-11,16,19,21H,4-5,12-15H2,1-3H3/t16?,19-,21-,23+/m1/s1. The Morgan fingerprint density at radius 1 is 1.25 bits per heavy atom. The molecule has 0 spiro atoms. The molecule has 1 aliphatic heterocycles. The maximum atomic E-state index is 15.0. The van der Waals surface area contributed by atoms with E-state index >= 15 is 4.39 Å². The Morgan fingerprint density at radius 2 is 1.97 bits per heavy atom. The number of benzene rings is 1. The van der Waals surface area contributed by atoms with Crippen LogP contribution in [-0.4, -0.2) is 47.4 Å². The Morgan fingerprint density at radius 3 is 2.59 bits per heavy atom. The van der Waals surface area contributed by atoms with Gasteiger partial charge in [0.1, 0.15) is 23.7 Å². The van der Waals surface area contributed by atoms with E-state index in [0.717, 1.165) is 22.0 Å². The lowest BCUT2D eigenvalue weighted by molar-refractivity contribution is -0.147. The van der Waals surface area contributed by atoms with Crippen LogP contribution in [0.15, 0.2) is 46.1 Å².